The Balaban J connectivity index is 2.04. The number of fused-ring (bicyclic) bond motifs is 1. The van der Waals surface area contributed by atoms with Gasteiger partial charge in [-0.2, -0.15) is 0 Å². The zero-order chi connectivity index (χ0) is 14.3. The van der Waals surface area contributed by atoms with Crippen LogP contribution in [0, 0.1) is 13.8 Å². The average molecular weight is 288 g/mol. The molecule has 2 aromatic carbocycles. The molecule has 0 bridgehead atoms. The molecule has 0 spiro atoms. The lowest BCUT2D eigenvalue weighted by Crippen LogP contribution is -1.94. The molecule has 3 aromatic rings. The number of H-pyrrole nitrogens is 1. The van der Waals surface area contributed by atoms with Gasteiger partial charge >= 0.3 is 5.76 Å². The predicted octanol–water partition coefficient (Wildman–Crippen LogP) is 4.07. The molecule has 1 unspecified atom stereocenters. The molecule has 0 fully saturated rings. The first-order valence-electron chi connectivity index (χ1n) is 6.38. The molecule has 0 aliphatic carbocycles. The van der Waals surface area contributed by atoms with Crippen LogP contribution in [0.3, 0.4) is 0 Å². The summed E-state index contributed by atoms with van der Waals surface area (Å²) in [4.78, 5) is 13.8. The Hall–Kier alpha value is -2.00. The lowest BCUT2D eigenvalue weighted by molar-refractivity contribution is 0.555. The molecule has 0 saturated carbocycles. The highest BCUT2D eigenvalue weighted by Gasteiger charge is 2.13. The van der Waals surface area contributed by atoms with Gasteiger partial charge in [-0.25, -0.2) is 4.79 Å². The van der Waals surface area contributed by atoms with E-state index < -0.39 is 5.76 Å². The fourth-order valence-corrected chi connectivity index (χ4v) is 2.51. The Morgan fingerprint density at radius 1 is 1.05 bits per heavy atom. The number of halogens is 1. The minimum Gasteiger partial charge on any atom is -0.408 e. The maximum atomic E-state index is 11.2. The van der Waals surface area contributed by atoms with Crippen molar-refractivity contribution in [3.63, 3.8) is 0 Å². The number of hydrogen-bond acceptors (Lipinski definition) is 2. The van der Waals surface area contributed by atoms with Crippen molar-refractivity contribution in [1.82, 2.24) is 4.98 Å². The second-order valence-corrected chi connectivity index (χ2v) is 5.41. The average Bonchev–Trinajstić information content (AvgIpc) is 2.80. The van der Waals surface area contributed by atoms with Gasteiger partial charge in [0.15, 0.2) is 5.58 Å². The zero-order valence-corrected chi connectivity index (χ0v) is 12.0. The van der Waals surface area contributed by atoms with Crippen molar-refractivity contribution in [2.45, 2.75) is 19.2 Å². The Labute approximate surface area is 121 Å². The van der Waals surface area contributed by atoms with Crippen LogP contribution in [-0.2, 0) is 0 Å². The number of aromatic amines is 1. The molecule has 4 heteroatoms. The van der Waals surface area contributed by atoms with E-state index in [9.17, 15) is 4.79 Å². The number of aromatic nitrogens is 1. The monoisotopic (exact) mass is 287 g/mol. The summed E-state index contributed by atoms with van der Waals surface area (Å²) in [5.74, 6) is -0.450. The van der Waals surface area contributed by atoms with E-state index in [4.69, 9.17) is 16.0 Å². The SMILES string of the molecule is Cc1ccc(C(Cl)c2ccc3[nH]c(=O)oc3c2)cc1C. The van der Waals surface area contributed by atoms with Gasteiger partial charge in [-0.1, -0.05) is 24.3 Å². The lowest BCUT2D eigenvalue weighted by Gasteiger charge is -2.12. The third kappa shape index (κ3) is 2.25. The van der Waals surface area contributed by atoms with Crippen molar-refractivity contribution in [3.8, 4) is 0 Å². The van der Waals surface area contributed by atoms with Crippen molar-refractivity contribution in [2.75, 3.05) is 0 Å². The van der Waals surface area contributed by atoms with E-state index in [2.05, 4.69) is 31.0 Å². The zero-order valence-electron chi connectivity index (χ0n) is 11.2. The molecular weight excluding hydrogens is 274 g/mol. The number of alkyl halides is 1. The fourth-order valence-electron chi connectivity index (χ4n) is 2.23. The Morgan fingerprint density at radius 3 is 2.50 bits per heavy atom. The van der Waals surface area contributed by atoms with Crippen LogP contribution >= 0.6 is 11.6 Å². The molecule has 1 atom stereocenters. The normalized spacial score (nSPS) is 12.8. The van der Waals surface area contributed by atoms with Crippen LogP contribution in [0.2, 0.25) is 0 Å². The van der Waals surface area contributed by atoms with Crippen LogP contribution in [0.4, 0.5) is 0 Å². The van der Waals surface area contributed by atoms with Crippen LogP contribution in [-0.4, -0.2) is 4.98 Å². The second kappa shape index (κ2) is 4.84. The van der Waals surface area contributed by atoms with Gasteiger partial charge in [0.25, 0.3) is 0 Å². The van der Waals surface area contributed by atoms with E-state index in [-0.39, 0.29) is 5.38 Å². The van der Waals surface area contributed by atoms with Crippen LogP contribution in [0.1, 0.15) is 27.6 Å². The van der Waals surface area contributed by atoms with Crippen molar-refractivity contribution < 1.29 is 4.42 Å². The van der Waals surface area contributed by atoms with Gasteiger partial charge in [0.2, 0.25) is 0 Å². The highest BCUT2D eigenvalue weighted by Crippen LogP contribution is 2.31. The number of aryl methyl sites for hydroxylation is 2. The maximum absolute atomic E-state index is 11.2. The van der Waals surface area contributed by atoms with Crippen molar-refractivity contribution in [3.05, 3.63) is 69.2 Å². The molecular formula is C16H14ClNO2. The molecule has 0 aliphatic heterocycles. The summed E-state index contributed by atoms with van der Waals surface area (Å²) in [5.41, 5.74) is 5.61. The van der Waals surface area contributed by atoms with Crippen LogP contribution in [0.5, 0.6) is 0 Å². The summed E-state index contributed by atoms with van der Waals surface area (Å²) >= 11 is 6.53. The van der Waals surface area contributed by atoms with Crippen molar-refractivity contribution >= 4 is 22.7 Å². The van der Waals surface area contributed by atoms with Crippen molar-refractivity contribution in [1.29, 1.82) is 0 Å². The number of nitrogens with one attached hydrogen (secondary N) is 1. The third-order valence-electron chi connectivity index (χ3n) is 3.56. The molecule has 102 valence electrons. The van der Waals surface area contributed by atoms with Crippen LogP contribution in [0.15, 0.2) is 45.6 Å². The topological polar surface area (TPSA) is 46.0 Å². The van der Waals surface area contributed by atoms with E-state index in [0.717, 1.165) is 11.1 Å². The summed E-state index contributed by atoms with van der Waals surface area (Å²) in [6.07, 6.45) is 0. The summed E-state index contributed by atoms with van der Waals surface area (Å²) < 4.78 is 5.07. The molecule has 0 aliphatic rings. The third-order valence-corrected chi connectivity index (χ3v) is 4.07. The molecule has 1 aromatic heterocycles. The first-order chi connectivity index (χ1) is 9.54. The lowest BCUT2D eigenvalue weighted by atomic mass is 10.00. The number of oxazole rings is 1. The van der Waals surface area contributed by atoms with E-state index in [1.165, 1.54) is 11.1 Å². The second-order valence-electron chi connectivity index (χ2n) is 4.98. The maximum Gasteiger partial charge on any atom is 0.417 e. The molecule has 0 saturated heterocycles. The number of hydrogen-bond donors (Lipinski definition) is 1. The first kappa shape index (κ1) is 13.0. The van der Waals surface area contributed by atoms with Gasteiger partial charge in [-0.3, -0.25) is 4.98 Å². The highest BCUT2D eigenvalue weighted by molar-refractivity contribution is 6.22. The smallest absolute Gasteiger partial charge is 0.408 e. The Kier molecular flexibility index (Phi) is 3.14. The van der Waals surface area contributed by atoms with Gasteiger partial charge in [0.1, 0.15) is 0 Å². The van der Waals surface area contributed by atoms with Gasteiger partial charge in [-0.15, -0.1) is 11.6 Å². The molecule has 1 N–H and O–H groups in total. The van der Waals surface area contributed by atoms with E-state index in [0.29, 0.717) is 11.1 Å². The summed E-state index contributed by atoms with van der Waals surface area (Å²) in [5, 5.41) is -0.265. The molecule has 0 radical (unpaired) electrons. The fraction of sp³-hybridized carbons (Fsp3) is 0.188. The summed E-state index contributed by atoms with van der Waals surface area (Å²) in [6.45, 7) is 4.14. The van der Waals surface area contributed by atoms with Gasteiger partial charge < -0.3 is 4.42 Å². The predicted molar refractivity (Wildman–Crippen MR) is 80.4 cm³/mol. The van der Waals surface area contributed by atoms with Gasteiger partial charge in [0.05, 0.1) is 10.9 Å². The first-order valence-corrected chi connectivity index (χ1v) is 6.82. The van der Waals surface area contributed by atoms with Gasteiger partial charge in [0, 0.05) is 0 Å². The Morgan fingerprint density at radius 2 is 1.75 bits per heavy atom. The van der Waals surface area contributed by atoms with E-state index in [1.54, 1.807) is 6.07 Å². The number of rotatable bonds is 2. The van der Waals surface area contributed by atoms with Crippen LogP contribution < -0.4 is 5.76 Å². The van der Waals surface area contributed by atoms with Crippen LogP contribution in [0.25, 0.3) is 11.1 Å². The molecule has 3 nitrogen and oxygen atoms in total. The molecule has 20 heavy (non-hydrogen) atoms. The quantitative estimate of drug-likeness (QED) is 0.722. The van der Waals surface area contributed by atoms with Gasteiger partial charge in [-0.05, 0) is 48.2 Å². The minimum atomic E-state index is -0.450. The van der Waals surface area contributed by atoms with Crippen molar-refractivity contribution in [2.24, 2.45) is 0 Å². The largest absolute Gasteiger partial charge is 0.417 e. The van der Waals surface area contributed by atoms with E-state index >= 15 is 0 Å². The van der Waals surface area contributed by atoms with E-state index in [1.807, 2.05) is 18.2 Å². The molecule has 1 heterocycles. The standard InChI is InChI=1S/C16H14ClNO2/c1-9-3-4-11(7-10(9)2)15(17)12-5-6-13-14(8-12)20-16(19)18-13/h3-8,15H,1-2H3,(H,18,19). The number of benzene rings is 2. The highest BCUT2D eigenvalue weighted by atomic mass is 35.5. The summed E-state index contributed by atoms with van der Waals surface area (Å²) in [6, 6.07) is 11.7. The molecule has 0 amide bonds. The Bertz CT molecular complexity index is 832. The summed E-state index contributed by atoms with van der Waals surface area (Å²) in [7, 11) is 0. The molecule has 3 rings (SSSR count). The minimum absolute atomic E-state index is 0.265.